The second-order valence-corrected chi connectivity index (χ2v) is 13.3. The summed E-state index contributed by atoms with van der Waals surface area (Å²) >= 11 is 3.45. The van der Waals surface area contributed by atoms with Crippen LogP contribution in [-0.4, -0.2) is 62.6 Å². The van der Waals surface area contributed by atoms with E-state index in [1.807, 2.05) is 30.3 Å². The van der Waals surface area contributed by atoms with Crippen molar-refractivity contribution in [2.75, 3.05) is 24.5 Å². The second-order valence-electron chi connectivity index (χ2n) is 12.4. The van der Waals surface area contributed by atoms with Gasteiger partial charge in [0.15, 0.2) is 23.2 Å². The number of halogens is 1. The smallest absolute Gasteiger partial charge is 0.337 e. The standard InChI is InChI=1S/C33H40BrN5O5/c1-7-8-13-33(6)14-16-38(17-15-33)30-27(28(31(42)43)44-32(3,4)5)21(2)36-26-19-25(37-39(26)30)29(41)35-20-23(40)18-22-11-9-10-12-24(22)34/h7-13,19,28H,1,14-18,20H2,2-6H3,(H,35,41)(H,42,43). The molecule has 0 radical (unpaired) electrons. The number of hydrogen-bond donors (Lipinski definition) is 2. The van der Waals surface area contributed by atoms with E-state index in [9.17, 15) is 19.5 Å². The highest BCUT2D eigenvalue weighted by molar-refractivity contribution is 9.10. The Morgan fingerprint density at radius 2 is 1.91 bits per heavy atom. The highest BCUT2D eigenvalue weighted by Crippen LogP contribution is 2.39. The topological polar surface area (TPSA) is 126 Å². The SMILES string of the molecule is C=CC=CC1(C)CCN(c2c(C(OC(C)(C)C)C(=O)O)c(C)nc3cc(C(=O)NCC(=O)Cc4ccccc4Br)nn23)CC1. The number of allylic oxidation sites excluding steroid dienone is 3. The number of fused-ring (bicyclic) bond motifs is 1. The van der Waals surface area contributed by atoms with E-state index in [4.69, 9.17) is 4.74 Å². The number of carbonyl (C=O) groups excluding carboxylic acids is 2. The fourth-order valence-corrected chi connectivity index (χ4v) is 5.73. The first-order chi connectivity index (χ1) is 20.7. The molecule has 10 nitrogen and oxygen atoms in total. The molecule has 1 atom stereocenters. The van der Waals surface area contributed by atoms with Gasteiger partial charge in [-0.15, -0.1) is 0 Å². The van der Waals surface area contributed by atoms with Crippen LogP contribution in [0.2, 0.25) is 0 Å². The van der Waals surface area contributed by atoms with E-state index in [0.29, 0.717) is 35.8 Å². The summed E-state index contributed by atoms with van der Waals surface area (Å²) in [4.78, 5) is 45.2. The first kappa shape index (κ1) is 33.1. The molecule has 0 aliphatic carbocycles. The van der Waals surface area contributed by atoms with E-state index < -0.39 is 23.6 Å². The molecule has 3 heterocycles. The number of ketones is 1. The molecule has 1 unspecified atom stereocenters. The van der Waals surface area contributed by atoms with E-state index in [1.54, 1.807) is 39.8 Å². The third-order valence-electron chi connectivity index (χ3n) is 7.63. The Morgan fingerprint density at radius 3 is 2.52 bits per heavy atom. The Bertz CT molecular complexity index is 1600. The maximum Gasteiger partial charge on any atom is 0.337 e. The summed E-state index contributed by atoms with van der Waals surface area (Å²) in [6.45, 7) is 14.2. The van der Waals surface area contributed by atoms with Gasteiger partial charge in [-0.2, -0.15) is 9.61 Å². The van der Waals surface area contributed by atoms with E-state index in [2.05, 4.69) is 55.8 Å². The number of Topliss-reactive ketones (excluding diaryl/α,β-unsaturated/α-hetero) is 1. The molecule has 0 saturated carbocycles. The Labute approximate surface area is 266 Å². The molecule has 1 fully saturated rings. The lowest BCUT2D eigenvalue weighted by molar-refractivity contribution is -0.160. The molecular formula is C33H40BrN5O5. The van der Waals surface area contributed by atoms with Gasteiger partial charge in [0.2, 0.25) is 0 Å². The van der Waals surface area contributed by atoms with Crippen LogP contribution in [0, 0.1) is 12.3 Å². The minimum absolute atomic E-state index is 0.0445. The number of aryl methyl sites for hydroxylation is 1. The first-order valence-electron chi connectivity index (χ1n) is 14.6. The maximum absolute atomic E-state index is 13.2. The number of nitrogens with one attached hydrogen (secondary N) is 1. The normalized spacial score (nSPS) is 15.8. The quantitative estimate of drug-likeness (QED) is 0.252. The van der Waals surface area contributed by atoms with E-state index in [-0.39, 0.29) is 29.9 Å². The lowest BCUT2D eigenvalue weighted by Gasteiger charge is -2.40. The van der Waals surface area contributed by atoms with Gasteiger partial charge in [0.1, 0.15) is 5.82 Å². The van der Waals surface area contributed by atoms with Crippen molar-refractivity contribution in [2.24, 2.45) is 5.41 Å². The Balaban J connectivity index is 1.69. The third-order valence-corrected chi connectivity index (χ3v) is 8.40. The lowest BCUT2D eigenvalue weighted by atomic mass is 9.80. The molecule has 11 heteroatoms. The number of aliphatic carboxylic acids is 1. The maximum atomic E-state index is 13.2. The molecule has 1 amide bonds. The predicted molar refractivity (Wildman–Crippen MR) is 173 cm³/mol. The molecule has 44 heavy (non-hydrogen) atoms. The van der Waals surface area contributed by atoms with Crippen LogP contribution < -0.4 is 10.2 Å². The number of carbonyl (C=O) groups is 3. The number of aromatic nitrogens is 3. The molecular weight excluding hydrogens is 626 g/mol. The van der Waals surface area contributed by atoms with Crippen molar-refractivity contribution in [2.45, 2.75) is 65.6 Å². The number of hydrogen-bond acceptors (Lipinski definition) is 7. The highest BCUT2D eigenvalue weighted by Gasteiger charge is 2.37. The minimum atomic E-state index is -1.31. The summed E-state index contributed by atoms with van der Waals surface area (Å²) in [5.74, 6) is -1.29. The van der Waals surface area contributed by atoms with Gasteiger partial charge in [-0.25, -0.2) is 9.78 Å². The Morgan fingerprint density at radius 1 is 1.23 bits per heavy atom. The van der Waals surface area contributed by atoms with Crippen LogP contribution in [0.5, 0.6) is 0 Å². The van der Waals surface area contributed by atoms with Crippen LogP contribution >= 0.6 is 15.9 Å². The number of nitrogens with zero attached hydrogens (tertiary/aromatic N) is 4. The van der Waals surface area contributed by atoms with Crippen LogP contribution in [-0.2, 0) is 20.7 Å². The van der Waals surface area contributed by atoms with Crippen molar-refractivity contribution in [3.05, 3.63) is 82.1 Å². The average Bonchev–Trinajstić information content (AvgIpc) is 3.38. The summed E-state index contributed by atoms with van der Waals surface area (Å²) in [7, 11) is 0. The van der Waals surface area contributed by atoms with Crippen molar-refractivity contribution in [3.63, 3.8) is 0 Å². The van der Waals surface area contributed by atoms with Crippen LogP contribution in [0.15, 0.2) is 59.6 Å². The number of amides is 1. The Kier molecular flexibility index (Phi) is 10.1. The molecule has 3 aromatic rings. The molecule has 2 aromatic heterocycles. The van der Waals surface area contributed by atoms with Gasteiger partial charge < -0.3 is 20.1 Å². The van der Waals surface area contributed by atoms with Gasteiger partial charge in [-0.3, -0.25) is 9.59 Å². The van der Waals surface area contributed by atoms with Gasteiger partial charge in [0.05, 0.1) is 17.7 Å². The summed E-state index contributed by atoms with van der Waals surface area (Å²) in [5, 5.41) is 17.6. The summed E-state index contributed by atoms with van der Waals surface area (Å²) < 4.78 is 8.43. The molecule has 1 aromatic carbocycles. The molecule has 1 saturated heterocycles. The molecule has 234 valence electrons. The zero-order valence-electron chi connectivity index (χ0n) is 25.9. The van der Waals surface area contributed by atoms with Gasteiger partial charge >= 0.3 is 5.97 Å². The van der Waals surface area contributed by atoms with Gasteiger partial charge in [0, 0.05) is 35.7 Å². The van der Waals surface area contributed by atoms with Gasteiger partial charge in [-0.1, -0.05) is 65.9 Å². The number of carboxylic acid groups (broad SMARTS) is 1. The number of carboxylic acids is 1. The number of benzene rings is 1. The lowest BCUT2D eigenvalue weighted by Crippen LogP contribution is -2.40. The summed E-state index contributed by atoms with van der Waals surface area (Å²) in [6, 6.07) is 8.99. The van der Waals surface area contributed by atoms with Gasteiger partial charge in [-0.05, 0) is 57.6 Å². The largest absolute Gasteiger partial charge is 0.479 e. The van der Waals surface area contributed by atoms with E-state index in [1.165, 1.54) is 4.52 Å². The monoisotopic (exact) mass is 665 g/mol. The predicted octanol–water partition coefficient (Wildman–Crippen LogP) is 5.63. The van der Waals surface area contributed by atoms with E-state index >= 15 is 0 Å². The molecule has 4 rings (SSSR count). The first-order valence-corrected chi connectivity index (χ1v) is 15.4. The molecule has 1 aliphatic rings. The van der Waals surface area contributed by atoms with Gasteiger partial charge in [0.25, 0.3) is 5.91 Å². The highest BCUT2D eigenvalue weighted by atomic mass is 79.9. The fourth-order valence-electron chi connectivity index (χ4n) is 5.31. The van der Waals surface area contributed by atoms with Crippen LogP contribution in [0.4, 0.5) is 5.82 Å². The third kappa shape index (κ3) is 7.81. The molecule has 0 spiro atoms. The average molecular weight is 667 g/mol. The zero-order chi connectivity index (χ0) is 32.2. The number of piperidine rings is 1. The van der Waals surface area contributed by atoms with Crippen molar-refractivity contribution >= 4 is 45.1 Å². The van der Waals surface area contributed by atoms with E-state index in [0.717, 1.165) is 22.9 Å². The molecule has 2 N–H and O–H groups in total. The van der Waals surface area contributed by atoms with Crippen LogP contribution in [0.3, 0.4) is 0 Å². The minimum Gasteiger partial charge on any atom is -0.479 e. The second kappa shape index (κ2) is 13.4. The zero-order valence-corrected chi connectivity index (χ0v) is 27.5. The van der Waals surface area contributed by atoms with Crippen molar-refractivity contribution in [3.8, 4) is 0 Å². The fraction of sp³-hybridized carbons (Fsp3) is 0.424. The Hall–Kier alpha value is -3.83. The van der Waals surface area contributed by atoms with Crippen molar-refractivity contribution < 1.29 is 24.2 Å². The van der Waals surface area contributed by atoms with Crippen LogP contribution in [0.25, 0.3) is 5.65 Å². The van der Waals surface area contributed by atoms with Crippen molar-refractivity contribution in [1.82, 2.24) is 19.9 Å². The summed E-state index contributed by atoms with van der Waals surface area (Å²) in [5.41, 5.74) is 1.36. The molecule has 0 bridgehead atoms. The van der Waals surface area contributed by atoms with Crippen LogP contribution in [0.1, 0.15) is 73.9 Å². The number of rotatable bonds is 11. The molecule has 1 aliphatic heterocycles. The van der Waals surface area contributed by atoms with Crippen molar-refractivity contribution in [1.29, 1.82) is 0 Å². The number of anilines is 1. The number of ether oxygens (including phenoxy) is 1. The summed E-state index contributed by atoms with van der Waals surface area (Å²) in [6.07, 6.45) is 6.35.